The van der Waals surface area contributed by atoms with Crippen molar-refractivity contribution in [3.63, 3.8) is 0 Å². The molecule has 0 aliphatic rings. The Hall–Kier alpha value is -0.740. The molecule has 0 aromatic heterocycles. The number of ether oxygens (including phenoxy) is 1. The lowest BCUT2D eigenvalue weighted by atomic mass is 9.98. The summed E-state index contributed by atoms with van der Waals surface area (Å²) in [5.74, 6) is 0.719. The van der Waals surface area contributed by atoms with E-state index in [1.807, 2.05) is 46.8 Å². The van der Waals surface area contributed by atoms with Gasteiger partial charge in [-0.15, -0.1) is 0 Å². The Morgan fingerprint density at radius 2 is 1.63 bits per heavy atom. The van der Waals surface area contributed by atoms with Gasteiger partial charge in [-0.2, -0.15) is 0 Å². The van der Waals surface area contributed by atoms with Crippen LogP contribution in [-0.2, 0) is 9.05 Å². The van der Waals surface area contributed by atoms with E-state index < -0.39 is 14.5 Å². The first-order valence-electron chi connectivity index (χ1n) is 6.13. The Morgan fingerprint density at radius 3 is 2.05 bits per heavy atom. The molecule has 0 heterocycles. The highest BCUT2D eigenvalue weighted by Gasteiger charge is 2.26. The van der Waals surface area contributed by atoms with Gasteiger partial charge in [0.1, 0.15) is 5.75 Å². The van der Waals surface area contributed by atoms with Crippen molar-refractivity contribution < 1.29 is 13.2 Å². The molecule has 0 aliphatic heterocycles. The highest BCUT2D eigenvalue weighted by Crippen LogP contribution is 2.28. The van der Waals surface area contributed by atoms with Crippen LogP contribution in [0.25, 0.3) is 0 Å². The van der Waals surface area contributed by atoms with Gasteiger partial charge < -0.3 is 4.74 Å². The van der Waals surface area contributed by atoms with E-state index in [1.54, 1.807) is 0 Å². The Bertz CT molecular complexity index is 539. The quantitative estimate of drug-likeness (QED) is 0.781. The van der Waals surface area contributed by atoms with Crippen molar-refractivity contribution in [1.82, 2.24) is 0 Å². The van der Waals surface area contributed by atoms with Crippen LogP contribution in [0.1, 0.15) is 30.5 Å². The second-order valence-electron chi connectivity index (χ2n) is 5.86. The van der Waals surface area contributed by atoms with Crippen LogP contribution in [0.3, 0.4) is 0 Å². The van der Waals surface area contributed by atoms with Gasteiger partial charge in [0.05, 0.1) is 12.4 Å². The molecule has 108 valence electrons. The fourth-order valence-corrected chi connectivity index (χ4v) is 4.07. The van der Waals surface area contributed by atoms with Gasteiger partial charge in [0.2, 0.25) is 9.05 Å². The summed E-state index contributed by atoms with van der Waals surface area (Å²) in [5.41, 5.74) is 2.78. The van der Waals surface area contributed by atoms with E-state index in [0.29, 0.717) is 6.61 Å². The molecule has 1 rings (SSSR count). The van der Waals surface area contributed by atoms with Crippen molar-refractivity contribution in [3.8, 4) is 5.75 Å². The maximum atomic E-state index is 11.1. The zero-order valence-corrected chi connectivity index (χ0v) is 13.7. The van der Waals surface area contributed by atoms with Crippen molar-refractivity contribution in [3.05, 3.63) is 28.8 Å². The van der Waals surface area contributed by atoms with Crippen molar-refractivity contribution >= 4 is 19.7 Å². The van der Waals surface area contributed by atoms with Crippen LogP contribution < -0.4 is 4.74 Å². The molecule has 1 aromatic carbocycles. The molecule has 0 saturated heterocycles. The monoisotopic (exact) mass is 304 g/mol. The van der Waals surface area contributed by atoms with Gasteiger partial charge in [-0.3, -0.25) is 0 Å². The molecule has 5 heteroatoms. The smallest absolute Gasteiger partial charge is 0.233 e. The summed E-state index contributed by atoms with van der Waals surface area (Å²) in [6, 6.07) is 4.10. The molecule has 19 heavy (non-hydrogen) atoms. The number of rotatable bonds is 5. The molecule has 0 bridgehead atoms. The first kappa shape index (κ1) is 16.3. The van der Waals surface area contributed by atoms with Crippen LogP contribution in [0.2, 0.25) is 0 Å². The van der Waals surface area contributed by atoms with E-state index >= 15 is 0 Å². The number of halogens is 1. The second kappa shape index (κ2) is 5.71. The summed E-state index contributed by atoms with van der Waals surface area (Å²) in [7, 11) is 1.78. The molecule has 0 unspecified atom stereocenters. The SMILES string of the molecule is Cc1cc(C)c(OCC(C)(C)CS(=O)(=O)Cl)c(C)c1. The van der Waals surface area contributed by atoms with Crippen molar-refractivity contribution in [2.45, 2.75) is 34.6 Å². The van der Waals surface area contributed by atoms with Gasteiger partial charge in [-0.1, -0.05) is 31.5 Å². The molecule has 0 spiro atoms. The van der Waals surface area contributed by atoms with Crippen molar-refractivity contribution in [2.24, 2.45) is 5.41 Å². The minimum absolute atomic E-state index is 0.106. The van der Waals surface area contributed by atoms with Crippen LogP contribution in [0.4, 0.5) is 0 Å². The van der Waals surface area contributed by atoms with Gasteiger partial charge in [0.25, 0.3) is 0 Å². The Kier molecular flexibility index (Phi) is 4.91. The molecule has 0 atom stereocenters. The van der Waals surface area contributed by atoms with Crippen LogP contribution in [0.15, 0.2) is 12.1 Å². The van der Waals surface area contributed by atoms with Crippen LogP contribution in [-0.4, -0.2) is 20.8 Å². The highest BCUT2D eigenvalue weighted by atomic mass is 35.7. The van der Waals surface area contributed by atoms with Crippen molar-refractivity contribution in [2.75, 3.05) is 12.4 Å². The molecule has 0 fully saturated rings. The molecular weight excluding hydrogens is 284 g/mol. The van der Waals surface area contributed by atoms with E-state index in [1.165, 1.54) is 5.56 Å². The van der Waals surface area contributed by atoms with E-state index in [2.05, 4.69) is 0 Å². The molecule has 0 amide bonds. The third kappa shape index (κ3) is 5.41. The lowest BCUT2D eigenvalue weighted by Crippen LogP contribution is -2.28. The van der Waals surface area contributed by atoms with Gasteiger partial charge in [-0.25, -0.2) is 8.42 Å². The van der Waals surface area contributed by atoms with Crippen LogP contribution in [0.5, 0.6) is 5.75 Å². The largest absolute Gasteiger partial charge is 0.492 e. The molecule has 1 aromatic rings. The zero-order chi connectivity index (χ0) is 14.8. The van der Waals surface area contributed by atoms with E-state index in [0.717, 1.165) is 16.9 Å². The first-order valence-corrected chi connectivity index (χ1v) is 8.61. The highest BCUT2D eigenvalue weighted by molar-refractivity contribution is 8.13. The van der Waals surface area contributed by atoms with Gasteiger partial charge in [0, 0.05) is 16.1 Å². The van der Waals surface area contributed by atoms with Crippen molar-refractivity contribution in [1.29, 1.82) is 0 Å². The Labute approximate surface area is 120 Å². The average molecular weight is 305 g/mol. The van der Waals surface area contributed by atoms with Crippen LogP contribution >= 0.6 is 10.7 Å². The summed E-state index contributed by atoms with van der Waals surface area (Å²) in [4.78, 5) is 0. The first-order chi connectivity index (χ1) is 8.50. The molecule has 3 nitrogen and oxygen atoms in total. The summed E-state index contributed by atoms with van der Waals surface area (Å²) in [6.45, 7) is 9.97. The fourth-order valence-electron chi connectivity index (χ4n) is 2.17. The van der Waals surface area contributed by atoms with Gasteiger partial charge >= 0.3 is 0 Å². The Morgan fingerprint density at radius 1 is 1.16 bits per heavy atom. The standard InChI is InChI=1S/C14H21ClO3S/c1-10-6-11(2)13(12(3)7-10)18-8-14(4,5)9-19(15,16)17/h6-7H,8-9H2,1-5H3. The molecule has 0 N–H and O–H groups in total. The minimum Gasteiger partial charge on any atom is -0.492 e. The lowest BCUT2D eigenvalue weighted by molar-refractivity contribution is 0.198. The minimum atomic E-state index is -3.52. The summed E-state index contributed by atoms with van der Waals surface area (Å²) >= 11 is 0. The topological polar surface area (TPSA) is 43.4 Å². The summed E-state index contributed by atoms with van der Waals surface area (Å²) in [5, 5.41) is 0. The molecule has 0 saturated carbocycles. The number of benzene rings is 1. The predicted octanol–water partition coefficient (Wildman–Crippen LogP) is 3.59. The van der Waals surface area contributed by atoms with E-state index in [-0.39, 0.29) is 5.75 Å². The predicted molar refractivity (Wildman–Crippen MR) is 79.6 cm³/mol. The normalized spacial score (nSPS) is 12.5. The maximum absolute atomic E-state index is 11.1. The number of hydrogen-bond acceptors (Lipinski definition) is 3. The fraction of sp³-hybridized carbons (Fsp3) is 0.571. The van der Waals surface area contributed by atoms with Gasteiger partial charge in [-0.05, 0) is 31.9 Å². The zero-order valence-electron chi connectivity index (χ0n) is 12.1. The summed E-state index contributed by atoms with van der Waals surface area (Å²) < 4.78 is 28.1. The molecule has 0 radical (unpaired) electrons. The number of hydrogen-bond donors (Lipinski definition) is 0. The van der Waals surface area contributed by atoms with Gasteiger partial charge in [0.15, 0.2) is 0 Å². The van der Waals surface area contributed by atoms with E-state index in [4.69, 9.17) is 15.4 Å². The summed E-state index contributed by atoms with van der Waals surface area (Å²) in [6.07, 6.45) is 0. The molecule has 0 aliphatic carbocycles. The maximum Gasteiger partial charge on any atom is 0.233 e. The average Bonchev–Trinajstić information content (AvgIpc) is 2.10. The lowest BCUT2D eigenvalue weighted by Gasteiger charge is -2.24. The number of aryl methyl sites for hydroxylation is 3. The third-order valence-electron chi connectivity index (χ3n) is 2.78. The van der Waals surface area contributed by atoms with E-state index in [9.17, 15) is 8.42 Å². The second-order valence-corrected chi connectivity index (χ2v) is 8.64. The molecular formula is C14H21ClO3S. The third-order valence-corrected chi connectivity index (χ3v) is 4.23. The Balaban J connectivity index is 2.83. The van der Waals surface area contributed by atoms with Crippen LogP contribution in [0, 0.1) is 26.2 Å².